The highest BCUT2D eigenvalue weighted by molar-refractivity contribution is 6.01. The van der Waals surface area contributed by atoms with Crippen LogP contribution < -0.4 is 10.1 Å². The van der Waals surface area contributed by atoms with E-state index in [1.54, 1.807) is 31.4 Å². The fourth-order valence-electron chi connectivity index (χ4n) is 2.68. The van der Waals surface area contributed by atoms with Crippen molar-refractivity contribution in [3.8, 4) is 5.75 Å². The van der Waals surface area contributed by atoms with Gasteiger partial charge in [0.1, 0.15) is 5.75 Å². The number of methoxy groups -OCH3 is 1. The Morgan fingerprint density at radius 3 is 2.48 bits per heavy atom. The van der Waals surface area contributed by atoms with Gasteiger partial charge in [0.25, 0.3) is 0 Å². The van der Waals surface area contributed by atoms with Gasteiger partial charge >= 0.3 is 12.0 Å². The number of nitrogens with zero attached hydrogens (tertiary/aromatic N) is 1. The van der Waals surface area contributed by atoms with Crippen LogP contribution in [0.4, 0.5) is 13.2 Å². The Hall–Kier alpha value is -2.58. The first-order valence-electron chi connectivity index (χ1n) is 8.28. The highest BCUT2D eigenvalue weighted by Crippen LogP contribution is 2.38. The van der Waals surface area contributed by atoms with Gasteiger partial charge in [-0.25, -0.2) is 0 Å². The van der Waals surface area contributed by atoms with Crippen LogP contribution in [0.2, 0.25) is 0 Å². The number of alkyl halides is 3. The lowest BCUT2D eigenvalue weighted by atomic mass is 10.0. The molecule has 0 fully saturated rings. The average molecular weight is 380 g/mol. The molecule has 1 atom stereocenters. The molecule has 0 aliphatic carbocycles. The van der Waals surface area contributed by atoms with Crippen LogP contribution in [0.5, 0.6) is 5.75 Å². The van der Waals surface area contributed by atoms with Crippen molar-refractivity contribution in [2.75, 3.05) is 7.11 Å². The molecule has 5 nitrogen and oxygen atoms in total. The lowest BCUT2D eigenvalue weighted by Crippen LogP contribution is -2.45. The van der Waals surface area contributed by atoms with Crippen molar-refractivity contribution in [1.82, 2.24) is 5.32 Å². The van der Waals surface area contributed by atoms with Gasteiger partial charge in [-0.15, -0.1) is 0 Å². The second-order valence-electron chi connectivity index (χ2n) is 6.24. The number of hydrogen-bond donors (Lipinski definition) is 2. The van der Waals surface area contributed by atoms with Crippen molar-refractivity contribution in [2.24, 2.45) is 5.16 Å². The van der Waals surface area contributed by atoms with E-state index in [1.165, 1.54) is 0 Å². The second-order valence-corrected chi connectivity index (χ2v) is 6.24. The van der Waals surface area contributed by atoms with E-state index >= 15 is 0 Å². The van der Waals surface area contributed by atoms with Crippen LogP contribution in [0.15, 0.2) is 53.7 Å². The zero-order valence-corrected chi connectivity index (χ0v) is 14.6. The third-order valence-corrected chi connectivity index (χ3v) is 4.24. The van der Waals surface area contributed by atoms with E-state index in [2.05, 4.69) is 15.3 Å². The first-order chi connectivity index (χ1) is 12.8. The van der Waals surface area contributed by atoms with Crippen molar-refractivity contribution >= 4 is 5.71 Å². The minimum atomic E-state index is -4.90. The maximum atomic E-state index is 12.8. The minimum Gasteiger partial charge on any atom is -0.497 e. The molecule has 1 aliphatic rings. The Morgan fingerprint density at radius 1 is 1.15 bits per heavy atom. The summed E-state index contributed by atoms with van der Waals surface area (Å²) >= 11 is 0. The Bertz CT molecular complexity index is 822. The van der Waals surface area contributed by atoms with Crippen LogP contribution in [0.1, 0.15) is 23.1 Å². The van der Waals surface area contributed by atoms with E-state index in [9.17, 15) is 18.3 Å². The fraction of sp³-hybridized carbons (Fsp3) is 0.316. The Kier molecular flexibility index (Phi) is 5.38. The third kappa shape index (κ3) is 4.40. The first-order valence-corrected chi connectivity index (χ1v) is 8.28. The number of hydrogen-bond acceptors (Lipinski definition) is 5. The van der Waals surface area contributed by atoms with Gasteiger partial charge in [-0.05, 0) is 28.8 Å². The molecule has 1 unspecified atom stereocenters. The zero-order valence-electron chi connectivity index (χ0n) is 14.6. The van der Waals surface area contributed by atoms with Crippen molar-refractivity contribution in [1.29, 1.82) is 0 Å². The molecule has 0 spiro atoms. The molecule has 0 saturated carbocycles. The molecule has 8 heteroatoms. The number of benzene rings is 2. The van der Waals surface area contributed by atoms with Crippen LogP contribution in [-0.4, -0.2) is 29.9 Å². The van der Waals surface area contributed by atoms with Gasteiger partial charge in [0.2, 0.25) is 0 Å². The van der Waals surface area contributed by atoms with E-state index in [1.807, 2.05) is 24.3 Å². The summed E-state index contributed by atoms with van der Waals surface area (Å²) in [5.74, 6) is -2.46. The third-order valence-electron chi connectivity index (χ3n) is 4.24. The normalized spacial score (nSPS) is 19.5. The van der Waals surface area contributed by atoms with Gasteiger partial charge < -0.3 is 20.0 Å². The number of ether oxygens (including phenoxy) is 1. The second kappa shape index (κ2) is 7.58. The van der Waals surface area contributed by atoms with Crippen molar-refractivity contribution in [2.45, 2.75) is 31.5 Å². The Balaban J connectivity index is 1.55. The summed E-state index contributed by atoms with van der Waals surface area (Å²) in [6.07, 6.45) is -5.63. The monoisotopic (exact) mass is 380 g/mol. The number of nitrogens with one attached hydrogen (secondary N) is 1. The van der Waals surface area contributed by atoms with E-state index < -0.39 is 18.4 Å². The van der Waals surface area contributed by atoms with E-state index in [0.29, 0.717) is 18.7 Å². The fourth-order valence-corrected chi connectivity index (χ4v) is 2.68. The van der Waals surface area contributed by atoms with Gasteiger partial charge in [0.05, 0.1) is 19.2 Å². The summed E-state index contributed by atoms with van der Waals surface area (Å²) in [5, 5.41) is 16.2. The predicted octanol–water partition coefficient (Wildman–Crippen LogP) is 3.36. The molecule has 2 aromatic carbocycles. The SMILES string of the molecule is COc1cccc(CNCc2ccc(C3=NOC(O)(C(F)(F)F)C3)cc2)c1. The predicted molar refractivity (Wildman–Crippen MR) is 93.2 cm³/mol. The van der Waals surface area contributed by atoms with Gasteiger partial charge in [-0.2, -0.15) is 13.2 Å². The summed E-state index contributed by atoms with van der Waals surface area (Å²) < 4.78 is 43.5. The molecule has 144 valence electrons. The number of oxime groups is 1. The topological polar surface area (TPSA) is 63.1 Å². The molecule has 0 aromatic heterocycles. The Morgan fingerprint density at radius 2 is 1.85 bits per heavy atom. The largest absolute Gasteiger partial charge is 0.497 e. The van der Waals surface area contributed by atoms with Crippen LogP contribution in [0.3, 0.4) is 0 Å². The highest BCUT2D eigenvalue weighted by Gasteiger charge is 2.60. The van der Waals surface area contributed by atoms with Crippen LogP contribution in [0.25, 0.3) is 0 Å². The summed E-state index contributed by atoms with van der Waals surface area (Å²) in [6, 6.07) is 14.6. The quantitative estimate of drug-likeness (QED) is 0.807. The Labute approximate surface area is 154 Å². The van der Waals surface area contributed by atoms with Gasteiger partial charge in [0.15, 0.2) is 0 Å². The lowest BCUT2D eigenvalue weighted by molar-refractivity contribution is -0.355. The molecule has 0 radical (unpaired) electrons. The van der Waals surface area contributed by atoms with Crippen molar-refractivity contribution < 1.29 is 27.9 Å². The van der Waals surface area contributed by atoms with Crippen molar-refractivity contribution in [3.05, 3.63) is 65.2 Å². The van der Waals surface area contributed by atoms with Crippen LogP contribution in [-0.2, 0) is 17.9 Å². The summed E-state index contributed by atoms with van der Waals surface area (Å²) in [6.45, 7) is 1.24. The van der Waals surface area contributed by atoms with Crippen LogP contribution in [0, 0.1) is 0 Å². The maximum Gasteiger partial charge on any atom is 0.458 e. The molecule has 2 N–H and O–H groups in total. The molecule has 0 bridgehead atoms. The number of aliphatic hydroxyl groups is 1. The maximum absolute atomic E-state index is 12.8. The smallest absolute Gasteiger partial charge is 0.458 e. The molecule has 2 aromatic rings. The molecular formula is C19H19F3N2O3. The van der Waals surface area contributed by atoms with E-state index in [0.717, 1.165) is 16.9 Å². The molecule has 0 amide bonds. The number of halogens is 3. The molecular weight excluding hydrogens is 361 g/mol. The molecule has 27 heavy (non-hydrogen) atoms. The van der Waals surface area contributed by atoms with Crippen LogP contribution >= 0.6 is 0 Å². The first kappa shape index (κ1) is 19.2. The molecule has 3 rings (SSSR count). The van der Waals surface area contributed by atoms with E-state index in [4.69, 9.17) is 4.74 Å². The minimum absolute atomic E-state index is 0.0608. The molecule has 0 saturated heterocycles. The summed E-state index contributed by atoms with van der Waals surface area (Å²) in [7, 11) is 1.61. The standard InChI is InChI=1S/C19H19F3N2O3/c1-26-16-4-2-3-14(9-16)12-23-11-13-5-7-15(8-6-13)17-10-18(25,27-24-17)19(20,21)22/h2-9,23,25H,10-12H2,1H3. The van der Waals surface area contributed by atoms with E-state index in [-0.39, 0.29) is 5.71 Å². The van der Waals surface area contributed by atoms with Gasteiger partial charge in [-0.1, -0.05) is 41.6 Å². The number of rotatable bonds is 6. The van der Waals surface area contributed by atoms with Gasteiger partial charge in [0, 0.05) is 13.1 Å². The average Bonchev–Trinajstić information content (AvgIpc) is 3.06. The lowest BCUT2D eigenvalue weighted by Gasteiger charge is -2.22. The molecule has 1 aliphatic heterocycles. The highest BCUT2D eigenvalue weighted by atomic mass is 19.4. The summed E-state index contributed by atoms with van der Waals surface area (Å²) in [5.41, 5.74) is 2.58. The zero-order chi connectivity index (χ0) is 19.5. The summed E-state index contributed by atoms with van der Waals surface area (Å²) in [4.78, 5) is 4.23. The van der Waals surface area contributed by atoms with Gasteiger partial charge in [-0.3, -0.25) is 0 Å². The molecule has 1 heterocycles. The van der Waals surface area contributed by atoms with Crippen molar-refractivity contribution in [3.63, 3.8) is 0 Å².